The number of para-hydroxylation sites is 1. The molecule has 6 nitrogen and oxygen atoms in total. The van der Waals surface area contributed by atoms with E-state index in [0.717, 1.165) is 6.54 Å². The predicted octanol–water partition coefficient (Wildman–Crippen LogP) is 3.49. The maximum atomic E-state index is 12.5. The van der Waals surface area contributed by atoms with Crippen molar-refractivity contribution >= 4 is 29.9 Å². The number of hydrogen-bond donors (Lipinski definition) is 2. The van der Waals surface area contributed by atoms with E-state index in [1.54, 1.807) is 24.4 Å². The molecule has 1 unspecified atom stereocenters. The van der Waals surface area contributed by atoms with Crippen molar-refractivity contribution in [1.29, 1.82) is 0 Å². The van der Waals surface area contributed by atoms with E-state index in [-0.39, 0.29) is 36.3 Å². The van der Waals surface area contributed by atoms with E-state index in [2.05, 4.69) is 32.4 Å². The molecule has 0 aliphatic heterocycles. The lowest BCUT2D eigenvalue weighted by Crippen LogP contribution is -2.40. The van der Waals surface area contributed by atoms with Gasteiger partial charge in [-0.2, -0.15) is 13.9 Å². The average Bonchev–Trinajstić information content (AvgIpc) is 3.11. The van der Waals surface area contributed by atoms with Gasteiger partial charge in [0.15, 0.2) is 5.96 Å². The summed E-state index contributed by atoms with van der Waals surface area (Å²) in [6.45, 7) is 3.68. The highest BCUT2D eigenvalue weighted by Crippen LogP contribution is 2.20. The smallest absolute Gasteiger partial charge is 0.387 e. The third-order valence-corrected chi connectivity index (χ3v) is 3.62. The fourth-order valence-electron chi connectivity index (χ4n) is 2.41. The minimum atomic E-state index is -2.85. The molecule has 1 aromatic heterocycles. The van der Waals surface area contributed by atoms with Crippen molar-refractivity contribution in [3.8, 4) is 5.75 Å². The predicted molar refractivity (Wildman–Crippen MR) is 113 cm³/mol. The zero-order chi connectivity index (χ0) is 18.8. The monoisotopic (exact) mass is 493 g/mol. The van der Waals surface area contributed by atoms with Gasteiger partial charge in [0.2, 0.25) is 0 Å². The molecular weight excluding hydrogens is 467 g/mol. The molecule has 0 saturated heterocycles. The molecule has 2 N–H and O–H groups in total. The fourth-order valence-corrected chi connectivity index (χ4v) is 2.41. The number of aliphatic imine (C=N–C) groups is 1. The minimum absolute atomic E-state index is 0. The highest BCUT2D eigenvalue weighted by molar-refractivity contribution is 14.0. The number of hydrogen-bond acceptors (Lipinski definition) is 3. The molecule has 1 heterocycles. The number of aromatic nitrogens is 2. The standard InChI is InChI=1S/C18H25F2N5O.HI/c1-3-21-18(22-11-14(2)13-25-10-6-9-24-25)23-12-15-7-4-5-8-16(15)26-17(19)20;/h4-10,14,17H,3,11-13H2,1-2H3,(H2,21,22,23);1H. The Bertz CT molecular complexity index is 682. The molecule has 0 bridgehead atoms. The van der Waals surface area contributed by atoms with Crippen LogP contribution in [0.5, 0.6) is 5.75 Å². The third kappa shape index (κ3) is 8.55. The number of benzene rings is 1. The van der Waals surface area contributed by atoms with Crippen molar-refractivity contribution in [2.75, 3.05) is 13.1 Å². The number of nitrogens with zero attached hydrogens (tertiary/aromatic N) is 3. The quantitative estimate of drug-likeness (QED) is 0.319. The molecule has 0 fully saturated rings. The molecule has 0 amide bonds. The second-order valence-electron chi connectivity index (χ2n) is 5.90. The summed E-state index contributed by atoms with van der Waals surface area (Å²) in [5.41, 5.74) is 0.606. The number of nitrogens with one attached hydrogen (secondary N) is 2. The second-order valence-corrected chi connectivity index (χ2v) is 5.90. The zero-order valence-corrected chi connectivity index (χ0v) is 17.8. The summed E-state index contributed by atoms with van der Waals surface area (Å²) in [5.74, 6) is 1.12. The number of guanidine groups is 1. The molecule has 2 rings (SSSR count). The van der Waals surface area contributed by atoms with Crippen molar-refractivity contribution in [3.05, 3.63) is 48.3 Å². The largest absolute Gasteiger partial charge is 0.434 e. The summed E-state index contributed by atoms with van der Waals surface area (Å²) < 4.78 is 31.4. The highest BCUT2D eigenvalue weighted by atomic mass is 127. The van der Waals surface area contributed by atoms with E-state index in [0.29, 0.717) is 30.5 Å². The third-order valence-electron chi connectivity index (χ3n) is 3.62. The van der Waals surface area contributed by atoms with Crippen LogP contribution in [0.3, 0.4) is 0 Å². The molecule has 150 valence electrons. The number of alkyl halides is 2. The van der Waals surface area contributed by atoms with Crippen molar-refractivity contribution in [2.24, 2.45) is 10.9 Å². The van der Waals surface area contributed by atoms with Gasteiger partial charge in [-0.05, 0) is 25.0 Å². The van der Waals surface area contributed by atoms with Gasteiger partial charge in [-0.15, -0.1) is 24.0 Å². The maximum absolute atomic E-state index is 12.5. The van der Waals surface area contributed by atoms with Gasteiger partial charge in [0.05, 0.1) is 6.54 Å². The van der Waals surface area contributed by atoms with E-state index in [1.807, 2.05) is 23.9 Å². The Morgan fingerprint density at radius 2 is 2.04 bits per heavy atom. The molecule has 9 heteroatoms. The Morgan fingerprint density at radius 3 is 2.70 bits per heavy atom. The molecule has 0 radical (unpaired) electrons. The summed E-state index contributed by atoms with van der Waals surface area (Å²) in [6.07, 6.45) is 3.68. The zero-order valence-electron chi connectivity index (χ0n) is 15.4. The number of halogens is 3. The van der Waals surface area contributed by atoms with Crippen LogP contribution >= 0.6 is 24.0 Å². The Hall–Kier alpha value is -1.91. The van der Waals surface area contributed by atoms with E-state index >= 15 is 0 Å². The first-order valence-electron chi connectivity index (χ1n) is 8.60. The molecular formula is C18H26F2IN5O. The van der Waals surface area contributed by atoms with Crippen molar-refractivity contribution in [3.63, 3.8) is 0 Å². The lowest BCUT2D eigenvalue weighted by atomic mass is 10.2. The van der Waals surface area contributed by atoms with Gasteiger partial charge in [0.1, 0.15) is 5.75 Å². The Labute approximate surface area is 175 Å². The van der Waals surface area contributed by atoms with Gasteiger partial charge in [0, 0.05) is 37.6 Å². The van der Waals surface area contributed by atoms with Crippen LogP contribution < -0.4 is 15.4 Å². The Kier molecular flexibility index (Phi) is 10.7. The molecule has 0 saturated carbocycles. The van der Waals surface area contributed by atoms with E-state index in [1.165, 1.54) is 6.07 Å². The van der Waals surface area contributed by atoms with Crippen LogP contribution in [0.15, 0.2) is 47.7 Å². The topological polar surface area (TPSA) is 63.5 Å². The van der Waals surface area contributed by atoms with Crippen molar-refractivity contribution in [1.82, 2.24) is 20.4 Å². The van der Waals surface area contributed by atoms with Crippen LogP contribution in [-0.4, -0.2) is 35.4 Å². The normalized spacial score (nSPS) is 12.4. The number of ether oxygens (including phenoxy) is 1. The van der Waals surface area contributed by atoms with Crippen LogP contribution in [0.2, 0.25) is 0 Å². The van der Waals surface area contributed by atoms with Crippen molar-refractivity contribution in [2.45, 2.75) is 33.5 Å². The molecule has 27 heavy (non-hydrogen) atoms. The number of rotatable bonds is 9. The van der Waals surface area contributed by atoms with Gasteiger partial charge < -0.3 is 15.4 Å². The molecule has 2 aromatic rings. The van der Waals surface area contributed by atoms with Gasteiger partial charge >= 0.3 is 6.61 Å². The van der Waals surface area contributed by atoms with Gasteiger partial charge in [-0.1, -0.05) is 25.1 Å². The SMILES string of the molecule is CCNC(=NCc1ccccc1OC(F)F)NCC(C)Cn1cccn1.I. The highest BCUT2D eigenvalue weighted by Gasteiger charge is 2.09. The maximum Gasteiger partial charge on any atom is 0.387 e. The molecule has 1 aromatic carbocycles. The minimum Gasteiger partial charge on any atom is -0.434 e. The first-order valence-corrected chi connectivity index (χ1v) is 8.60. The van der Waals surface area contributed by atoms with Crippen LogP contribution in [0.1, 0.15) is 19.4 Å². The summed E-state index contributed by atoms with van der Waals surface area (Å²) in [7, 11) is 0. The second kappa shape index (κ2) is 12.5. The van der Waals surface area contributed by atoms with E-state index in [9.17, 15) is 8.78 Å². The lowest BCUT2D eigenvalue weighted by Gasteiger charge is -2.16. The van der Waals surface area contributed by atoms with Crippen molar-refractivity contribution < 1.29 is 13.5 Å². The lowest BCUT2D eigenvalue weighted by molar-refractivity contribution is -0.0504. The van der Waals surface area contributed by atoms with Crippen LogP contribution in [0, 0.1) is 5.92 Å². The van der Waals surface area contributed by atoms with Gasteiger partial charge in [0.25, 0.3) is 0 Å². The van der Waals surface area contributed by atoms with Gasteiger partial charge in [-0.3, -0.25) is 4.68 Å². The van der Waals surface area contributed by atoms with E-state index in [4.69, 9.17) is 0 Å². The summed E-state index contributed by atoms with van der Waals surface area (Å²) in [5, 5.41) is 10.6. The first-order chi connectivity index (χ1) is 12.6. The molecule has 0 spiro atoms. The molecule has 0 aliphatic rings. The molecule has 0 aliphatic carbocycles. The first kappa shape index (κ1) is 23.1. The Morgan fingerprint density at radius 1 is 1.26 bits per heavy atom. The summed E-state index contributed by atoms with van der Waals surface area (Å²) >= 11 is 0. The summed E-state index contributed by atoms with van der Waals surface area (Å²) in [4.78, 5) is 4.47. The van der Waals surface area contributed by atoms with Crippen LogP contribution in [0.4, 0.5) is 8.78 Å². The molecule has 1 atom stereocenters. The average molecular weight is 493 g/mol. The van der Waals surface area contributed by atoms with Gasteiger partial charge in [-0.25, -0.2) is 4.99 Å². The van der Waals surface area contributed by atoms with E-state index < -0.39 is 6.61 Å². The van der Waals surface area contributed by atoms with Crippen LogP contribution in [-0.2, 0) is 13.1 Å². The summed E-state index contributed by atoms with van der Waals surface area (Å²) in [6, 6.07) is 8.57. The fraction of sp³-hybridized carbons (Fsp3) is 0.444. The van der Waals surface area contributed by atoms with Crippen LogP contribution in [0.25, 0.3) is 0 Å². The Balaban J connectivity index is 0.00000364.